The summed E-state index contributed by atoms with van der Waals surface area (Å²) in [5.74, 6) is -0.251. The molecule has 1 N–H and O–H groups in total. The van der Waals surface area contributed by atoms with E-state index < -0.39 is 0 Å². The molecule has 0 saturated carbocycles. The van der Waals surface area contributed by atoms with Crippen LogP contribution in [0.4, 0.5) is 0 Å². The first-order chi connectivity index (χ1) is 8.86. The van der Waals surface area contributed by atoms with Gasteiger partial charge in [0.05, 0.1) is 19.8 Å². The number of hydrogen-bond acceptors (Lipinski definition) is 5. The normalized spacial score (nSPS) is 16.4. The lowest BCUT2D eigenvalue weighted by atomic mass is 10.3. The zero-order chi connectivity index (χ0) is 12.6. The number of ether oxygens (including phenoxy) is 1. The van der Waals surface area contributed by atoms with Gasteiger partial charge < -0.3 is 4.74 Å². The summed E-state index contributed by atoms with van der Waals surface area (Å²) in [7, 11) is 0. The van der Waals surface area contributed by atoms with Gasteiger partial charge in [-0.1, -0.05) is 0 Å². The van der Waals surface area contributed by atoms with Crippen molar-refractivity contribution in [2.24, 2.45) is 0 Å². The molecule has 1 aliphatic heterocycles. The Balaban J connectivity index is 1.62. The fraction of sp³-hybridized carbons (Fsp3) is 0.500. The minimum absolute atomic E-state index is 0.251. The van der Waals surface area contributed by atoms with E-state index in [-0.39, 0.29) is 5.91 Å². The highest BCUT2D eigenvalue weighted by atomic mass is 16.7. The topological polar surface area (TPSA) is 63.7 Å². The van der Waals surface area contributed by atoms with E-state index in [1.165, 1.54) is 0 Å². The fourth-order valence-corrected chi connectivity index (χ4v) is 1.68. The number of carbonyl (C=O) groups is 1. The molecule has 1 aromatic heterocycles. The van der Waals surface area contributed by atoms with Gasteiger partial charge in [0.25, 0.3) is 5.91 Å². The number of hydroxylamine groups is 1. The summed E-state index contributed by atoms with van der Waals surface area (Å²) in [5, 5.41) is 0. The van der Waals surface area contributed by atoms with Gasteiger partial charge in [0.1, 0.15) is 0 Å². The summed E-state index contributed by atoms with van der Waals surface area (Å²) < 4.78 is 5.24. The average molecular weight is 251 g/mol. The number of nitrogens with zero attached hydrogens (tertiary/aromatic N) is 2. The van der Waals surface area contributed by atoms with Crippen LogP contribution in [0.2, 0.25) is 0 Å². The summed E-state index contributed by atoms with van der Waals surface area (Å²) in [4.78, 5) is 22.8. The van der Waals surface area contributed by atoms with E-state index in [1.54, 1.807) is 24.5 Å². The molecule has 0 aliphatic carbocycles. The SMILES string of the molecule is O=C(NOCCN1CCOCC1)c1ccncc1. The molecule has 6 heteroatoms. The number of aromatic nitrogens is 1. The van der Waals surface area contributed by atoms with E-state index in [0.29, 0.717) is 12.2 Å². The predicted molar refractivity (Wildman–Crippen MR) is 64.9 cm³/mol. The second-order valence-corrected chi connectivity index (χ2v) is 3.97. The van der Waals surface area contributed by atoms with Crippen molar-refractivity contribution >= 4 is 5.91 Å². The summed E-state index contributed by atoms with van der Waals surface area (Å²) >= 11 is 0. The number of amides is 1. The first kappa shape index (κ1) is 12.9. The molecule has 2 heterocycles. The van der Waals surface area contributed by atoms with Gasteiger partial charge in [-0.15, -0.1) is 0 Å². The van der Waals surface area contributed by atoms with Gasteiger partial charge in [-0.3, -0.25) is 19.5 Å². The second-order valence-electron chi connectivity index (χ2n) is 3.97. The van der Waals surface area contributed by atoms with E-state index in [9.17, 15) is 4.79 Å². The van der Waals surface area contributed by atoms with Crippen LogP contribution in [-0.2, 0) is 9.57 Å². The molecular weight excluding hydrogens is 234 g/mol. The van der Waals surface area contributed by atoms with Gasteiger partial charge in [-0.05, 0) is 12.1 Å². The van der Waals surface area contributed by atoms with Crippen LogP contribution in [0, 0.1) is 0 Å². The Morgan fingerprint density at radius 3 is 2.83 bits per heavy atom. The van der Waals surface area contributed by atoms with E-state index in [2.05, 4.69) is 15.4 Å². The van der Waals surface area contributed by atoms with Crippen LogP contribution in [0.3, 0.4) is 0 Å². The average Bonchev–Trinajstić information content (AvgIpc) is 2.45. The van der Waals surface area contributed by atoms with Crippen molar-refractivity contribution in [3.63, 3.8) is 0 Å². The Labute approximate surface area is 106 Å². The Morgan fingerprint density at radius 2 is 2.11 bits per heavy atom. The quantitative estimate of drug-likeness (QED) is 0.593. The van der Waals surface area contributed by atoms with Crippen LogP contribution in [0.5, 0.6) is 0 Å². The lowest BCUT2D eigenvalue weighted by molar-refractivity contribution is -0.00177. The van der Waals surface area contributed by atoms with E-state index in [1.807, 2.05) is 0 Å². The lowest BCUT2D eigenvalue weighted by Gasteiger charge is -2.26. The number of rotatable bonds is 5. The Hall–Kier alpha value is -1.50. The molecule has 98 valence electrons. The van der Waals surface area contributed by atoms with E-state index in [4.69, 9.17) is 9.57 Å². The fourth-order valence-electron chi connectivity index (χ4n) is 1.68. The second kappa shape index (κ2) is 7.05. The van der Waals surface area contributed by atoms with Crippen molar-refractivity contribution in [3.05, 3.63) is 30.1 Å². The summed E-state index contributed by atoms with van der Waals surface area (Å²) in [6.45, 7) is 4.63. The molecule has 1 fully saturated rings. The molecule has 6 nitrogen and oxygen atoms in total. The maximum absolute atomic E-state index is 11.6. The van der Waals surface area contributed by atoms with Crippen molar-refractivity contribution in [1.29, 1.82) is 0 Å². The highest BCUT2D eigenvalue weighted by molar-refractivity contribution is 5.93. The van der Waals surface area contributed by atoms with Crippen LogP contribution in [-0.4, -0.2) is 55.2 Å². The highest BCUT2D eigenvalue weighted by Crippen LogP contribution is 1.97. The Morgan fingerprint density at radius 1 is 1.39 bits per heavy atom. The molecule has 18 heavy (non-hydrogen) atoms. The number of morpholine rings is 1. The molecule has 1 amide bonds. The molecule has 0 radical (unpaired) electrons. The third-order valence-electron chi connectivity index (χ3n) is 2.72. The van der Waals surface area contributed by atoms with E-state index >= 15 is 0 Å². The predicted octanol–water partition coefficient (Wildman–Crippen LogP) is 0.0752. The Bertz CT molecular complexity index is 366. The van der Waals surface area contributed by atoms with Gasteiger partial charge >= 0.3 is 0 Å². The molecule has 1 saturated heterocycles. The maximum Gasteiger partial charge on any atom is 0.274 e. The number of carbonyl (C=O) groups excluding carboxylic acids is 1. The molecule has 0 aromatic carbocycles. The molecule has 1 aliphatic rings. The smallest absolute Gasteiger partial charge is 0.274 e. The summed E-state index contributed by atoms with van der Waals surface area (Å²) in [6, 6.07) is 3.28. The minimum Gasteiger partial charge on any atom is -0.379 e. The van der Waals surface area contributed by atoms with Crippen molar-refractivity contribution in [3.8, 4) is 0 Å². The summed E-state index contributed by atoms with van der Waals surface area (Å²) in [5.41, 5.74) is 2.95. The van der Waals surface area contributed by atoms with Crippen LogP contribution in [0.15, 0.2) is 24.5 Å². The number of nitrogens with one attached hydrogen (secondary N) is 1. The Kier molecular flexibility index (Phi) is 5.07. The molecular formula is C12H17N3O3. The molecule has 0 atom stereocenters. The molecule has 0 bridgehead atoms. The van der Waals surface area contributed by atoms with Crippen LogP contribution >= 0.6 is 0 Å². The van der Waals surface area contributed by atoms with Gasteiger partial charge in [0, 0.05) is 37.6 Å². The third kappa shape index (κ3) is 4.06. The minimum atomic E-state index is -0.251. The number of hydrogen-bond donors (Lipinski definition) is 1. The molecule has 1 aromatic rings. The first-order valence-corrected chi connectivity index (χ1v) is 5.98. The molecule has 2 rings (SSSR count). The van der Waals surface area contributed by atoms with Crippen molar-refractivity contribution in [2.75, 3.05) is 39.5 Å². The molecule has 0 spiro atoms. The zero-order valence-corrected chi connectivity index (χ0v) is 10.2. The molecule has 0 unspecified atom stereocenters. The summed E-state index contributed by atoms with van der Waals surface area (Å²) in [6.07, 6.45) is 3.14. The van der Waals surface area contributed by atoms with Crippen molar-refractivity contribution in [2.45, 2.75) is 0 Å². The van der Waals surface area contributed by atoms with Gasteiger partial charge in [0.2, 0.25) is 0 Å². The van der Waals surface area contributed by atoms with Crippen LogP contribution < -0.4 is 5.48 Å². The van der Waals surface area contributed by atoms with Crippen molar-refractivity contribution < 1.29 is 14.4 Å². The maximum atomic E-state index is 11.6. The third-order valence-corrected chi connectivity index (χ3v) is 2.72. The monoisotopic (exact) mass is 251 g/mol. The highest BCUT2D eigenvalue weighted by Gasteiger charge is 2.10. The first-order valence-electron chi connectivity index (χ1n) is 5.98. The zero-order valence-electron chi connectivity index (χ0n) is 10.2. The van der Waals surface area contributed by atoms with Crippen LogP contribution in [0.1, 0.15) is 10.4 Å². The largest absolute Gasteiger partial charge is 0.379 e. The van der Waals surface area contributed by atoms with Crippen LogP contribution in [0.25, 0.3) is 0 Å². The lowest BCUT2D eigenvalue weighted by Crippen LogP contribution is -2.39. The number of pyridine rings is 1. The van der Waals surface area contributed by atoms with E-state index in [0.717, 1.165) is 32.8 Å². The van der Waals surface area contributed by atoms with Gasteiger partial charge in [0.15, 0.2) is 0 Å². The van der Waals surface area contributed by atoms with Gasteiger partial charge in [-0.25, -0.2) is 5.48 Å². The standard InChI is InChI=1S/C12H17N3O3/c16-12(11-1-3-13-4-2-11)14-18-10-7-15-5-8-17-9-6-15/h1-4H,5-10H2,(H,14,16). The van der Waals surface area contributed by atoms with Gasteiger partial charge in [-0.2, -0.15) is 0 Å². The van der Waals surface area contributed by atoms with Crippen molar-refractivity contribution in [1.82, 2.24) is 15.4 Å².